The lowest BCUT2D eigenvalue weighted by Crippen LogP contribution is -2.48. The predicted octanol–water partition coefficient (Wildman–Crippen LogP) is 1.66. The van der Waals surface area contributed by atoms with Gasteiger partial charge in [0.25, 0.3) is 0 Å². The van der Waals surface area contributed by atoms with Crippen molar-refractivity contribution in [2.24, 2.45) is 0 Å². The van der Waals surface area contributed by atoms with E-state index in [4.69, 9.17) is 16.3 Å². The van der Waals surface area contributed by atoms with Gasteiger partial charge in [-0.3, -0.25) is 10.1 Å². The van der Waals surface area contributed by atoms with Crippen molar-refractivity contribution in [3.8, 4) is 5.75 Å². The third kappa shape index (κ3) is 6.18. The molecule has 2 saturated heterocycles. The molecule has 2 heterocycles. The number of rotatable bonds is 6. The highest BCUT2D eigenvalue weighted by Gasteiger charge is 2.28. The Labute approximate surface area is 182 Å². The van der Waals surface area contributed by atoms with E-state index in [-0.39, 0.29) is 23.1 Å². The zero-order valence-corrected chi connectivity index (χ0v) is 17.9. The number of hydrogen-bond acceptors (Lipinski definition) is 7. The molecule has 2 amide bonds. The second-order valence-corrected chi connectivity index (χ2v) is 9.39. The molecule has 1 aromatic carbocycles. The molecule has 3 N–H and O–H groups in total. The molecule has 2 fully saturated rings. The minimum atomic E-state index is -1.13. The van der Waals surface area contributed by atoms with Crippen molar-refractivity contribution in [2.75, 3.05) is 36.9 Å². The molecule has 11 heteroatoms. The first-order valence-corrected chi connectivity index (χ1v) is 11.7. The lowest BCUT2D eigenvalue weighted by molar-refractivity contribution is -0.141. The van der Waals surface area contributed by atoms with E-state index in [1.54, 1.807) is 34.9 Å². The number of carbonyl (C=O) groups is 3. The van der Waals surface area contributed by atoms with Crippen molar-refractivity contribution in [3.63, 3.8) is 0 Å². The highest BCUT2D eigenvalue weighted by molar-refractivity contribution is 8.00. The van der Waals surface area contributed by atoms with Gasteiger partial charge in [-0.2, -0.15) is 11.8 Å². The summed E-state index contributed by atoms with van der Waals surface area (Å²) in [6.07, 6.45) is -0.382. The number of halogens is 1. The average molecular weight is 460 g/mol. The SMILES string of the molecule is O=C(O)[C@H](Cc1ccc(OC(=O)N2CCSCC2)c(Cl)c1)NC(=O)[C@H]1NCCS1. The van der Waals surface area contributed by atoms with Gasteiger partial charge < -0.3 is 20.1 Å². The number of ether oxygens (including phenoxy) is 1. The first-order chi connectivity index (χ1) is 13.9. The van der Waals surface area contributed by atoms with Gasteiger partial charge in [-0.05, 0) is 17.7 Å². The number of carboxylic acid groups (broad SMARTS) is 1. The highest BCUT2D eigenvalue weighted by Crippen LogP contribution is 2.27. The molecule has 0 aromatic heterocycles. The van der Waals surface area contributed by atoms with E-state index in [1.165, 1.54) is 11.8 Å². The third-order valence-corrected chi connectivity index (χ3v) is 6.86. The number of hydrogen-bond donors (Lipinski definition) is 3. The monoisotopic (exact) mass is 459 g/mol. The molecule has 0 aliphatic carbocycles. The molecule has 29 heavy (non-hydrogen) atoms. The van der Waals surface area contributed by atoms with E-state index in [9.17, 15) is 19.5 Å². The van der Waals surface area contributed by atoms with Gasteiger partial charge in [-0.1, -0.05) is 17.7 Å². The number of amides is 2. The standard InChI is InChI=1S/C18H22ClN3O5S2/c19-12-9-11(1-2-14(12)27-18(26)22-4-7-28-8-5-22)10-13(17(24)25)21-15(23)16-20-3-6-29-16/h1-2,9,13,16,20H,3-8,10H2,(H,21,23)(H,24,25)/t13-,16-/m0/s1. The summed E-state index contributed by atoms with van der Waals surface area (Å²) in [4.78, 5) is 37.6. The van der Waals surface area contributed by atoms with Crippen LogP contribution in [0.15, 0.2) is 18.2 Å². The first kappa shape index (κ1) is 22.1. The molecule has 8 nitrogen and oxygen atoms in total. The summed E-state index contributed by atoms with van der Waals surface area (Å²) in [5, 5.41) is 14.8. The third-order valence-electron chi connectivity index (χ3n) is 4.47. The minimum Gasteiger partial charge on any atom is -0.480 e. The number of nitrogens with zero attached hydrogens (tertiary/aromatic N) is 1. The Morgan fingerprint density at radius 2 is 2.07 bits per heavy atom. The summed E-state index contributed by atoms with van der Waals surface area (Å²) in [6, 6.07) is 3.66. The van der Waals surface area contributed by atoms with Crippen LogP contribution in [0, 0.1) is 0 Å². The van der Waals surface area contributed by atoms with Crippen molar-refractivity contribution in [2.45, 2.75) is 17.8 Å². The van der Waals surface area contributed by atoms with Crippen LogP contribution >= 0.6 is 35.1 Å². The largest absolute Gasteiger partial charge is 0.480 e. The Morgan fingerprint density at radius 3 is 2.69 bits per heavy atom. The normalized spacial score (nSPS) is 20.2. The van der Waals surface area contributed by atoms with Crippen LogP contribution in [0.5, 0.6) is 5.75 Å². The van der Waals surface area contributed by atoms with Crippen molar-refractivity contribution >= 4 is 53.1 Å². The van der Waals surface area contributed by atoms with E-state index < -0.39 is 23.5 Å². The van der Waals surface area contributed by atoms with Gasteiger partial charge in [0.15, 0.2) is 5.75 Å². The fourth-order valence-electron chi connectivity index (χ4n) is 2.94. The Kier molecular flexibility index (Phi) is 7.93. The fourth-order valence-corrected chi connectivity index (χ4v) is 5.01. The van der Waals surface area contributed by atoms with Crippen LogP contribution in [0.3, 0.4) is 0 Å². The van der Waals surface area contributed by atoms with Crippen LogP contribution in [0.2, 0.25) is 5.02 Å². The maximum Gasteiger partial charge on any atom is 0.415 e. The van der Waals surface area contributed by atoms with E-state index in [0.29, 0.717) is 25.2 Å². The van der Waals surface area contributed by atoms with Crippen LogP contribution in [-0.4, -0.2) is 76.3 Å². The highest BCUT2D eigenvalue weighted by atomic mass is 35.5. The second-order valence-electron chi connectivity index (χ2n) is 6.54. The summed E-state index contributed by atoms with van der Waals surface area (Å²) in [6.45, 7) is 1.98. The van der Waals surface area contributed by atoms with Gasteiger partial charge in [0.1, 0.15) is 11.4 Å². The van der Waals surface area contributed by atoms with Gasteiger partial charge in [-0.15, -0.1) is 11.8 Å². The number of nitrogens with one attached hydrogen (secondary N) is 2. The lowest BCUT2D eigenvalue weighted by atomic mass is 10.1. The molecule has 0 radical (unpaired) electrons. The fraction of sp³-hybridized carbons (Fsp3) is 0.500. The number of thioether (sulfide) groups is 2. The summed E-state index contributed by atoms with van der Waals surface area (Å²) in [5.41, 5.74) is 0.615. The molecule has 1 aromatic rings. The number of carboxylic acids is 1. The lowest BCUT2D eigenvalue weighted by Gasteiger charge is -2.25. The molecule has 0 spiro atoms. The molecule has 2 aliphatic rings. The molecular formula is C18H22ClN3O5S2. The molecule has 0 bridgehead atoms. The van der Waals surface area contributed by atoms with E-state index in [1.807, 2.05) is 0 Å². The molecule has 3 rings (SSSR count). The number of aliphatic carboxylic acids is 1. The predicted molar refractivity (Wildman–Crippen MR) is 114 cm³/mol. The van der Waals surface area contributed by atoms with Gasteiger partial charge in [-0.25, -0.2) is 9.59 Å². The van der Waals surface area contributed by atoms with Crippen LogP contribution < -0.4 is 15.4 Å². The summed E-state index contributed by atoms with van der Waals surface area (Å²) in [7, 11) is 0. The molecule has 2 aliphatic heterocycles. The number of benzene rings is 1. The Morgan fingerprint density at radius 1 is 1.31 bits per heavy atom. The van der Waals surface area contributed by atoms with Crippen molar-refractivity contribution in [1.82, 2.24) is 15.5 Å². The Hall–Kier alpha value is -1.62. The van der Waals surface area contributed by atoms with E-state index >= 15 is 0 Å². The van der Waals surface area contributed by atoms with Crippen molar-refractivity contribution in [3.05, 3.63) is 28.8 Å². The van der Waals surface area contributed by atoms with Crippen LogP contribution in [0.25, 0.3) is 0 Å². The summed E-state index contributed by atoms with van der Waals surface area (Å²) < 4.78 is 5.37. The van der Waals surface area contributed by atoms with Gasteiger partial charge in [0.05, 0.1) is 5.02 Å². The topological polar surface area (TPSA) is 108 Å². The van der Waals surface area contributed by atoms with Crippen LogP contribution in [0.1, 0.15) is 5.56 Å². The van der Waals surface area contributed by atoms with Gasteiger partial charge in [0.2, 0.25) is 5.91 Å². The summed E-state index contributed by atoms with van der Waals surface area (Å²) >= 11 is 9.47. The Balaban J connectivity index is 1.60. The quantitative estimate of drug-likeness (QED) is 0.589. The minimum absolute atomic E-state index is 0.0652. The average Bonchev–Trinajstić information content (AvgIpc) is 3.25. The zero-order chi connectivity index (χ0) is 20.8. The van der Waals surface area contributed by atoms with E-state index in [2.05, 4.69) is 10.6 Å². The molecule has 0 saturated carbocycles. The van der Waals surface area contributed by atoms with Crippen LogP contribution in [-0.2, 0) is 16.0 Å². The second kappa shape index (κ2) is 10.4. The zero-order valence-electron chi connectivity index (χ0n) is 15.6. The molecule has 158 valence electrons. The Bertz CT molecular complexity index is 770. The van der Waals surface area contributed by atoms with Crippen molar-refractivity contribution < 1.29 is 24.2 Å². The van der Waals surface area contributed by atoms with Gasteiger partial charge >= 0.3 is 12.1 Å². The van der Waals surface area contributed by atoms with E-state index in [0.717, 1.165) is 17.3 Å². The first-order valence-electron chi connectivity index (χ1n) is 9.15. The van der Waals surface area contributed by atoms with Gasteiger partial charge in [0, 0.05) is 43.3 Å². The number of carbonyl (C=O) groups excluding carboxylic acids is 2. The van der Waals surface area contributed by atoms with Crippen LogP contribution in [0.4, 0.5) is 4.79 Å². The molecule has 2 atom stereocenters. The molecule has 0 unspecified atom stereocenters. The maximum absolute atomic E-state index is 12.2. The summed E-state index contributed by atoms with van der Waals surface area (Å²) in [5.74, 6) is 1.30. The maximum atomic E-state index is 12.2. The molecular weight excluding hydrogens is 438 g/mol. The van der Waals surface area contributed by atoms with Crippen molar-refractivity contribution in [1.29, 1.82) is 0 Å². The smallest absolute Gasteiger partial charge is 0.415 e.